The minimum atomic E-state index is 0.698. The first kappa shape index (κ1) is 11.8. The summed E-state index contributed by atoms with van der Waals surface area (Å²) in [4.78, 5) is 8.17. The summed E-state index contributed by atoms with van der Waals surface area (Å²) in [5.74, 6) is 0. The highest BCUT2D eigenvalue weighted by Crippen LogP contribution is 2.33. The number of nitrogens with one attached hydrogen (secondary N) is 1. The lowest BCUT2D eigenvalue weighted by Crippen LogP contribution is -2.29. The third-order valence-electron chi connectivity index (χ3n) is 2.66. The van der Waals surface area contributed by atoms with E-state index in [0.717, 1.165) is 24.8 Å². The van der Waals surface area contributed by atoms with Crippen LogP contribution in [0.3, 0.4) is 0 Å². The van der Waals surface area contributed by atoms with Crippen LogP contribution >= 0.6 is 11.3 Å². The fourth-order valence-electron chi connectivity index (χ4n) is 1.70. The van der Waals surface area contributed by atoms with E-state index in [4.69, 9.17) is 4.74 Å². The molecule has 0 aliphatic heterocycles. The molecule has 1 heterocycles. The van der Waals surface area contributed by atoms with Gasteiger partial charge < -0.3 is 15.0 Å². The molecule has 16 heavy (non-hydrogen) atoms. The van der Waals surface area contributed by atoms with Gasteiger partial charge in [-0.15, -0.1) is 11.3 Å². The van der Waals surface area contributed by atoms with Crippen LogP contribution in [0.15, 0.2) is 6.20 Å². The van der Waals surface area contributed by atoms with Gasteiger partial charge in [-0.2, -0.15) is 0 Å². The van der Waals surface area contributed by atoms with Crippen LogP contribution < -0.4 is 10.2 Å². The van der Waals surface area contributed by atoms with Crippen molar-refractivity contribution < 1.29 is 4.74 Å². The number of anilines is 1. The van der Waals surface area contributed by atoms with Crippen LogP contribution in [0.25, 0.3) is 0 Å². The van der Waals surface area contributed by atoms with E-state index in [2.05, 4.69) is 15.2 Å². The highest BCUT2D eigenvalue weighted by Gasteiger charge is 2.30. The van der Waals surface area contributed by atoms with Crippen LogP contribution in [-0.4, -0.2) is 38.3 Å². The van der Waals surface area contributed by atoms with Gasteiger partial charge in [0.2, 0.25) is 0 Å². The largest absolute Gasteiger partial charge is 0.383 e. The molecule has 0 spiro atoms. The first-order valence-corrected chi connectivity index (χ1v) is 6.51. The Bertz CT molecular complexity index is 325. The third-order valence-corrected chi connectivity index (χ3v) is 3.70. The topological polar surface area (TPSA) is 37.4 Å². The van der Waals surface area contributed by atoms with E-state index >= 15 is 0 Å². The molecule has 0 aromatic carbocycles. The van der Waals surface area contributed by atoms with Crippen LogP contribution in [0.4, 0.5) is 5.13 Å². The molecular formula is C11H19N3OS. The summed E-state index contributed by atoms with van der Waals surface area (Å²) in [5, 5.41) is 4.29. The van der Waals surface area contributed by atoms with E-state index in [1.807, 2.05) is 13.2 Å². The Morgan fingerprint density at radius 1 is 1.62 bits per heavy atom. The summed E-state index contributed by atoms with van der Waals surface area (Å²) in [6.07, 6.45) is 4.56. The second kappa shape index (κ2) is 5.61. The van der Waals surface area contributed by atoms with Gasteiger partial charge in [0.05, 0.1) is 6.61 Å². The fraction of sp³-hybridized carbons (Fsp3) is 0.727. The zero-order chi connectivity index (χ0) is 11.4. The number of methoxy groups -OCH3 is 1. The highest BCUT2D eigenvalue weighted by molar-refractivity contribution is 7.15. The molecular weight excluding hydrogens is 222 g/mol. The maximum atomic E-state index is 5.15. The van der Waals surface area contributed by atoms with E-state index < -0.39 is 0 Å². The molecule has 0 saturated heterocycles. The van der Waals surface area contributed by atoms with Gasteiger partial charge in [0.15, 0.2) is 5.13 Å². The van der Waals surface area contributed by atoms with Gasteiger partial charge in [-0.25, -0.2) is 4.98 Å². The summed E-state index contributed by atoms with van der Waals surface area (Å²) in [7, 11) is 3.71. The number of rotatable bonds is 7. The summed E-state index contributed by atoms with van der Waals surface area (Å²) in [5.41, 5.74) is 0. The summed E-state index contributed by atoms with van der Waals surface area (Å²) >= 11 is 1.78. The normalized spacial score (nSPS) is 15.4. The first-order valence-electron chi connectivity index (χ1n) is 5.70. The van der Waals surface area contributed by atoms with Gasteiger partial charge in [0.25, 0.3) is 0 Å². The minimum Gasteiger partial charge on any atom is -0.383 e. The SMILES string of the molecule is CNCc1cnc(N(CCOC)C2CC2)s1. The average molecular weight is 241 g/mol. The smallest absolute Gasteiger partial charge is 0.185 e. The van der Waals surface area contributed by atoms with Crippen molar-refractivity contribution in [1.29, 1.82) is 0 Å². The number of hydrogen-bond donors (Lipinski definition) is 1. The number of aromatic nitrogens is 1. The van der Waals surface area contributed by atoms with E-state index in [9.17, 15) is 0 Å². The monoisotopic (exact) mass is 241 g/mol. The van der Waals surface area contributed by atoms with Crippen LogP contribution in [0.1, 0.15) is 17.7 Å². The van der Waals surface area contributed by atoms with Crippen molar-refractivity contribution in [2.75, 3.05) is 32.2 Å². The maximum Gasteiger partial charge on any atom is 0.185 e. The number of thiazole rings is 1. The van der Waals surface area contributed by atoms with E-state index in [1.54, 1.807) is 18.4 Å². The predicted molar refractivity (Wildman–Crippen MR) is 67.1 cm³/mol. The molecule has 4 nitrogen and oxygen atoms in total. The molecule has 1 saturated carbocycles. The Kier molecular flexibility index (Phi) is 4.15. The highest BCUT2D eigenvalue weighted by atomic mass is 32.1. The standard InChI is InChI=1S/C11H19N3OS/c1-12-7-10-8-13-11(16-10)14(5-6-15-2)9-3-4-9/h8-9,12H,3-7H2,1-2H3. The van der Waals surface area contributed by atoms with Gasteiger partial charge in [-0.1, -0.05) is 0 Å². The molecule has 90 valence electrons. The minimum absolute atomic E-state index is 0.698. The lowest BCUT2D eigenvalue weighted by atomic mass is 10.5. The lowest BCUT2D eigenvalue weighted by molar-refractivity contribution is 0.205. The Labute approximate surface area is 101 Å². The van der Waals surface area contributed by atoms with Gasteiger partial charge in [-0.05, 0) is 19.9 Å². The second-order valence-electron chi connectivity index (χ2n) is 4.06. The first-order chi connectivity index (χ1) is 7.85. The van der Waals surface area contributed by atoms with Gasteiger partial charge >= 0.3 is 0 Å². The molecule has 0 bridgehead atoms. The zero-order valence-corrected chi connectivity index (χ0v) is 10.7. The van der Waals surface area contributed by atoms with Crippen molar-refractivity contribution in [2.45, 2.75) is 25.4 Å². The number of nitrogens with zero attached hydrogens (tertiary/aromatic N) is 2. The number of hydrogen-bond acceptors (Lipinski definition) is 5. The second-order valence-corrected chi connectivity index (χ2v) is 5.15. The Balaban J connectivity index is 1.99. The summed E-state index contributed by atoms with van der Waals surface area (Å²) in [6, 6.07) is 0.698. The predicted octanol–water partition coefficient (Wildman–Crippen LogP) is 1.48. The van der Waals surface area contributed by atoms with Crippen LogP contribution in [0.2, 0.25) is 0 Å². The molecule has 1 N–H and O–H groups in total. The van der Waals surface area contributed by atoms with Crippen LogP contribution in [0, 0.1) is 0 Å². The lowest BCUT2D eigenvalue weighted by Gasteiger charge is -2.20. The quantitative estimate of drug-likeness (QED) is 0.784. The van der Waals surface area contributed by atoms with Crippen LogP contribution in [-0.2, 0) is 11.3 Å². The molecule has 1 aromatic rings. The maximum absolute atomic E-state index is 5.15. The molecule has 2 rings (SSSR count). The molecule has 1 fully saturated rings. The molecule has 0 amide bonds. The van der Waals surface area contributed by atoms with Crippen molar-refractivity contribution in [3.8, 4) is 0 Å². The molecule has 0 atom stereocenters. The van der Waals surface area contributed by atoms with Gasteiger partial charge in [-0.3, -0.25) is 0 Å². The van der Waals surface area contributed by atoms with Crippen molar-refractivity contribution in [2.24, 2.45) is 0 Å². The molecule has 5 heteroatoms. The van der Waals surface area contributed by atoms with Crippen LogP contribution in [0.5, 0.6) is 0 Å². The average Bonchev–Trinajstić information content (AvgIpc) is 3.01. The molecule has 1 aromatic heterocycles. The molecule has 0 radical (unpaired) electrons. The van der Waals surface area contributed by atoms with Crippen molar-refractivity contribution >= 4 is 16.5 Å². The van der Waals surface area contributed by atoms with E-state index in [0.29, 0.717) is 6.04 Å². The molecule has 0 unspecified atom stereocenters. The van der Waals surface area contributed by atoms with Crippen molar-refractivity contribution in [3.05, 3.63) is 11.1 Å². The zero-order valence-electron chi connectivity index (χ0n) is 9.90. The molecule has 1 aliphatic rings. The molecule has 1 aliphatic carbocycles. The van der Waals surface area contributed by atoms with Crippen molar-refractivity contribution in [3.63, 3.8) is 0 Å². The van der Waals surface area contributed by atoms with E-state index in [1.165, 1.54) is 17.7 Å². The third kappa shape index (κ3) is 2.93. The summed E-state index contributed by atoms with van der Waals surface area (Å²) < 4.78 is 5.15. The Morgan fingerprint density at radius 2 is 2.44 bits per heavy atom. The summed E-state index contributed by atoms with van der Waals surface area (Å²) in [6.45, 7) is 2.63. The fourth-order valence-corrected chi connectivity index (χ4v) is 2.72. The Morgan fingerprint density at radius 3 is 3.06 bits per heavy atom. The van der Waals surface area contributed by atoms with Crippen molar-refractivity contribution in [1.82, 2.24) is 10.3 Å². The number of ether oxygens (including phenoxy) is 1. The van der Waals surface area contributed by atoms with Gasteiger partial charge in [0.1, 0.15) is 0 Å². The van der Waals surface area contributed by atoms with E-state index in [-0.39, 0.29) is 0 Å². The Hall–Kier alpha value is -0.650. The van der Waals surface area contributed by atoms with Gasteiger partial charge in [0, 0.05) is 37.3 Å².